The monoisotopic (exact) mass is 309 g/mol. The fourth-order valence-corrected chi connectivity index (χ4v) is 2.27. The second kappa shape index (κ2) is 5.57. The third kappa shape index (κ3) is 2.58. The molecule has 0 saturated carbocycles. The molecule has 0 aliphatic heterocycles. The Morgan fingerprint density at radius 1 is 1.44 bits per heavy atom. The van der Waals surface area contributed by atoms with Gasteiger partial charge in [0.1, 0.15) is 0 Å². The van der Waals surface area contributed by atoms with E-state index in [1.165, 1.54) is 0 Å². The number of nitrogens with zero attached hydrogens (tertiary/aromatic N) is 1. The summed E-state index contributed by atoms with van der Waals surface area (Å²) in [4.78, 5) is 12.0. The van der Waals surface area contributed by atoms with Crippen LogP contribution in [0.5, 0.6) is 0 Å². The molecule has 0 aliphatic rings. The number of halogens is 1. The minimum Gasteiger partial charge on any atom is -0.462 e. The Morgan fingerprint density at radius 2 is 2.22 bits per heavy atom. The first-order valence-electron chi connectivity index (χ1n) is 6.05. The van der Waals surface area contributed by atoms with Gasteiger partial charge in [-0.05, 0) is 24.6 Å². The number of carbonyl (C=O) groups is 1. The van der Waals surface area contributed by atoms with Gasteiger partial charge in [0.25, 0.3) is 0 Å². The largest absolute Gasteiger partial charge is 0.462 e. The topological polar surface area (TPSA) is 31.2 Å². The summed E-state index contributed by atoms with van der Waals surface area (Å²) < 4.78 is 8.17. The normalized spacial score (nSPS) is 10.8. The first kappa shape index (κ1) is 13.1. The molecule has 1 heterocycles. The van der Waals surface area contributed by atoms with Crippen molar-refractivity contribution in [3.8, 4) is 0 Å². The number of hydrogen-bond donors (Lipinski definition) is 0. The lowest BCUT2D eigenvalue weighted by Crippen LogP contribution is -2.05. The summed E-state index contributed by atoms with van der Waals surface area (Å²) in [7, 11) is 1.93. The van der Waals surface area contributed by atoms with Crippen LogP contribution in [0, 0.1) is 0 Å². The smallest absolute Gasteiger partial charge is 0.340 e. The van der Waals surface area contributed by atoms with E-state index < -0.39 is 0 Å². The number of carbonyl (C=O) groups excluding carboxylic acids is 1. The van der Waals surface area contributed by atoms with Crippen LogP contribution in [-0.4, -0.2) is 17.1 Å². The first-order valence-corrected chi connectivity index (χ1v) is 6.84. The number of benzene rings is 1. The van der Waals surface area contributed by atoms with Crippen LogP contribution >= 0.6 is 15.9 Å². The first-order chi connectivity index (χ1) is 8.63. The van der Waals surface area contributed by atoms with Crippen molar-refractivity contribution in [1.29, 1.82) is 0 Å². The maximum absolute atomic E-state index is 12.0. The zero-order chi connectivity index (χ0) is 13.1. The summed E-state index contributed by atoms with van der Waals surface area (Å²) in [5.74, 6) is -0.243. The summed E-state index contributed by atoms with van der Waals surface area (Å²) in [6, 6.07) is 5.91. The predicted octanol–water partition coefficient (Wildman–Crippen LogP) is 3.90. The second-order valence-electron chi connectivity index (χ2n) is 4.30. The molecule has 0 bridgehead atoms. The third-order valence-electron chi connectivity index (χ3n) is 2.90. The van der Waals surface area contributed by atoms with Crippen molar-refractivity contribution in [2.24, 2.45) is 7.05 Å². The SMILES string of the molecule is CCCCOC(=O)c1cn(C)c2ccc(Br)cc12. The zero-order valence-electron chi connectivity index (χ0n) is 10.6. The van der Waals surface area contributed by atoms with E-state index in [1.807, 2.05) is 36.0 Å². The van der Waals surface area contributed by atoms with Gasteiger partial charge in [-0.15, -0.1) is 0 Å². The van der Waals surface area contributed by atoms with E-state index in [0.29, 0.717) is 12.2 Å². The summed E-state index contributed by atoms with van der Waals surface area (Å²) in [5, 5.41) is 0.924. The van der Waals surface area contributed by atoms with Gasteiger partial charge in [-0.2, -0.15) is 0 Å². The fraction of sp³-hybridized carbons (Fsp3) is 0.357. The number of rotatable bonds is 4. The molecule has 0 aliphatic carbocycles. The molecule has 1 aromatic carbocycles. The van der Waals surface area contributed by atoms with Crippen molar-refractivity contribution in [1.82, 2.24) is 4.57 Å². The molecule has 18 heavy (non-hydrogen) atoms. The third-order valence-corrected chi connectivity index (χ3v) is 3.40. The average molecular weight is 310 g/mol. The summed E-state index contributed by atoms with van der Waals surface area (Å²) in [6.07, 6.45) is 3.75. The van der Waals surface area contributed by atoms with Gasteiger partial charge in [-0.3, -0.25) is 0 Å². The molecule has 0 N–H and O–H groups in total. The predicted molar refractivity (Wildman–Crippen MR) is 75.8 cm³/mol. The van der Waals surface area contributed by atoms with Gasteiger partial charge in [0.2, 0.25) is 0 Å². The molecule has 0 fully saturated rings. The average Bonchev–Trinajstić information content (AvgIpc) is 2.66. The van der Waals surface area contributed by atoms with E-state index in [0.717, 1.165) is 28.2 Å². The number of hydrogen-bond acceptors (Lipinski definition) is 2. The maximum atomic E-state index is 12.0. The molecule has 0 radical (unpaired) electrons. The molecule has 3 nitrogen and oxygen atoms in total. The molecule has 0 unspecified atom stereocenters. The number of fused-ring (bicyclic) bond motifs is 1. The lowest BCUT2D eigenvalue weighted by atomic mass is 10.2. The van der Waals surface area contributed by atoms with E-state index in [-0.39, 0.29) is 5.97 Å². The molecular formula is C14H16BrNO2. The van der Waals surface area contributed by atoms with Crippen LogP contribution in [0.4, 0.5) is 0 Å². The zero-order valence-corrected chi connectivity index (χ0v) is 12.2. The van der Waals surface area contributed by atoms with Gasteiger partial charge in [0.15, 0.2) is 0 Å². The van der Waals surface area contributed by atoms with Crippen LogP contribution in [0.15, 0.2) is 28.9 Å². The summed E-state index contributed by atoms with van der Waals surface area (Å²) in [5.41, 5.74) is 1.66. The van der Waals surface area contributed by atoms with Crippen LogP contribution in [0.1, 0.15) is 30.1 Å². The molecule has 2 aromatic rings. The Kier molecular flexibility index (Phi) is 4.07. The molecular weight excluding hydrogens is 294 g/mol. The molecule has 0 spiro atoms. The van der Waals surface area contributed by atoms with E-state index in [4.69, 9.17) is 4.74 Å². The standard InChI is InChI=1S/C14H16BrNO2/c1-3-4-7-18-14(17)12-9-16(2)13-6-5-10(15)8-11(12)13/h5-6,8-9H,3-4,7H2,1-2H3. The number of ether oxygens (including phenoxy) is 1. The van der Waals surface area contributed by atoms with Crippen molar-refractivity contribution in [2.45, 2.75) is 19.8 Å². The number of aryl methyl sites for hydroxylation is 1. The number of unbranched alkanes of at least 4 members (excludes halogenated alkanes) is 1. The van der Waals surface area contributed by atoms with Crippen LogP contribution in [0.25, 0.3) is 10.9 Å². The van der Waals surface area contributed by atoms with Crippen LogP contribution in [0.3, 0.4) is 0 Å². The summed E-state index contributed by atoms with van der Waals surface area (Å²) >= 11 is 3.43. The van der Waals surface area contributed by atoms with Gasteiger partial charge in [-0.1, -0.05) is 29.3 Å². The highest BCUT2D eigenvalue weighted by atomic mass is 79.9. The van der Waals surface area contributed by atoms with Gasteiger partial charge in [0.05, 0.1) is 12.2 Å². The van der Waals surface area contributed by atoms with Gasteiger partial charge in [-0.25, -0.2) is 4.79 Å². The molecule has 0 atom stereocenters. The molecule has 4 heteroatoms. The molecule has 1 aromatic heterocycles. The summed E-state index contributed by atoms with van der Waals surface area (Å²) in [6.45, 7) is 2.56. The minimum atomic E-state index is -0.243. The highest BCUT2D eigenvalue weighted by Gasteiger charge is 2.15. The number of aromatic nitrogens is 1. The Balaban J connectivity index is 2.32. The Labute approximate surface area is 115 Å². The molecule has 0 saturated heterocycles. The van der Waals surface area contributed by atoms with Gasteiger partial charge >= 0.3 is 5.97 Å². The molecule has 0 amide bonds. The van der Waals surface area contributed by atoms with E-state index in [9.17, 15) is 4.79 Å². The number of esters is 1. The Bertz CT molecular complexity index is 574. The lowest BCUT2D eigenvalue weighted by Gasteiger charge is -2.02. The van der Waals surface area contributed by atoms with Crippen molar-refractivity contribution >= 4 is 32.8 Å². The highest BCUT2D eigenvalue weighted by Crippen LogP contribution is 2.25. The maximum Gasteiger partial charge on any atom is 0.340 e. The van der Waals surface area contributed by atoms with Crippen molar-refractivity contribution in [3.63, 3.8) is 0 Å². The Hall–Kier alpha value is -1.29. The van der Waals surface area contributed by atoms with E-state index >= 15 is 0 Å². The minimum absolute atomic E-state index is 0.243. The van der Waals surface area contributed by atoms with Crippen molar-refractivity contribution < 1.29 is 9.53 Å². The van der Waals surface area contributed by atoms with Crippen LogP contribution in [0.2, 0.25) is 0 Å². The van der Waals surface area contributed by atoms with Crippen LogP contribution in [-0.2, 0) is 11.8 Å². The second-order valence-corrected chi connectivity index (χ2v) is 5.22. The van der Waals surface area contributed by atoms with Gasteiger partial charge < -0.3 is 9.30 Å². The van der Waals surface area contributed by atoms with Crippen LogP contribution < -0.4 is 0 Å². The van der Waals surface area contributed by atoms with Gasteiger partial charge in [0, 0.05) is 28.6 Å². The lowest BCUT2D eigenvalue weighted by molar-refractivity contribution is 0.0502. The quantitative estimate of drug-likeness (QED) is 0.633. The molecule has 96 valence electrons. The van der Waals surface area contributed by atoms with E-state index in [1.54, 1.807) is 0 Å². The van der Waals surface area contributed by atoms with Crippen molar-refractivity contribution in [3.05, 3.63) is 34.4 Å². The highest BCUT2D eigenvalue weighted by molar-refractivity contribution is 9.10. The molecule has 2 rings (SSSR count). The fourth-order valence-electron chi connectivity index (χ4n) is 1.91. The Morgan fingerprint density at radius 3 is 2.94 bits per heavy atom. The van der Waals surface area contributed by atoms with E-state index in [2.05, 4.69) is 22.9 Å². The van der Waals surface area contributed by atoms with Crippen molar-refractivity contribution in [2.75, 3.05) is 6.61 Å².